The van der Waals surface area contributed by atoms with Gasteiger partial charge in [0.25, 0.3) is 5.69 Å². The minimum atomic E-state index is -0.691. The number of hydrogen-bond donors (Lipinski definition) is 1. The van der Waals surface area contributed by atoms with E-state index in [1.54, 1.807) is 11.8 Å². The quantitative estimate of drug-likeness (QED) is 0.407. The van der Waals surface area contributed by atoms with Crippen molar-refractivity contribution in [3.05, 3.63) is 34.1 Å². The van der Waals surface area contributed by atoms with Crippen molar-refractivity contribution < 1.29 is 14.1 Å². The predicted molar refractivity (Wildman–Crippen MR) is 116 cm³/mol. The molecule has 1 saturated heterocycles. The number of nitro groups is 1. The Labute approximate surface area is 180 Å². The highest BCUT2D eigenvalue weighted by Gasteiger charge is 2.30. The van der Waals surface area contributed by atoms with Crippen LogP contribution in [0.15, 0.2) is 23.2 Å². The Bertz CT molecular complexity index is 772. The molecule has 10 heteroatoms. The van der Waals surface area contributed by atoms with Gasteiger partial charge in [-0.1, -0.05) is 37.4 Å². The number of carbonyl (C=O) groups is 1. The van der Waals surface area contributed by atoms with Gasteiger partial charge in [-0.3, -0.25) is 19.9 Å². The van der Waals surface area contributed by atoms with E-state index in [-0.39, 0.29) is 42.2 Å². The van der Waals surface area contributed by atoms with Gasteiger partial charge in [0.05, 0.1) is 16.7 Å². The molecule has 0 radical (unpaired) electrons. The van der Waals surface area contributed by atoms with E-state index in [0.29, 0.717) is 6.04 Å². The fraction of sp³-hybridized carbons (Fsp3) is 0.579. The molecule has 1 amide bonds. The number of amidine groups is 1. The molecule has 7 nitrogen and oxygen atoms in total. The Morgan fingerprint density at radius 3 is 2.69 bits per heavy atom. The molecule has 160 valence electrons. The molecule has 1 atom stereocenters. The highest BCUT2D eigenvalue weighted by Crippen LogP contribution is 2.28. The predicted octanol–water partition coefficient (Wildman–Crippen LogP) is 4.61. The molecule has 3 rings (SSSR count). The smallest absolute Gasteiger partial charge is 0.271 e. The monoisotopic (exact) mass is 444 g/mol. The minimum absolute atomic E-state index is 0. The van der Waals surface area contributed by atoms with Gasteiger partial charge in [-0.2, -0.15) is 0 Å². The zero-order valence-corrected chi connectivity index (χ0v) is 17.9. The number of rotatable bonds is 5. The topological polar surface area (TPSA) is 87.8 Å². The van der Waals surface area contributed by atoms with E-state index in [1.807, 2.05) is 11.9 Å². The molecule has 29 heavy (non-hydrogen) atoms. The van der Waals surface area contributed by atoms with Crippen LogP contribution in [0.3, 0.4) is 0 Å². The van der Waals surface area contributed by atoms with Crippen LogP contribution < -0.4 is 5.32 Å². The molecule has 1 saturated carbocycles. The average molecular weight is 445 g/mol. The zero-order valence-electron chi connectivity index (χ0n) is 16.3. The average Bonchev–Trinajstić information content (AvgIpc) is 2.86. The Balaban J connectivity index is 0.00000300. The number of benzene rings is 1. The summed E-state index contributed by atoms with van der Waals surface area (Å²) in [6.45, 7) is 0. The van der Waals surface area contributed by atoms with Crippen LogP contribution >= 0.6 is 24.2 Å². The number of aliphatic imine (C=N–C) groups is 1. The molecule has 1 aromatic rings. The molecule has 1 aliphatic heterocycles. The number of thioether (sulfide) groups is 1. The van der Waals surface area contributed by atoms with Gasteiger partial charge in [0.15, 0.2) is 5.17 Å². The maximum atomic E-state index is 13.9. The summed E-state index contributed by atoms with van der Waals surface area (Å²) in [5, 5.41) is 14.3. The van der Waals surface area contributed by atoms with Gasteiger partial charge in [0.1, 0.15) is 5.82 Å². The third kappa shape index (κ3) is 6.30. The van der Waals surface area contributed by atoms with Crippen molar-refractivity contribution in [1.82, 2.24) is 4.90 Å². The Morgan fingerprint density at radius 2 is 2.03 bits per heavy atom. The van der Waals surface area contributed by atoms with E-state index >= 15 is 0 Å². The van der Waals surface area contributed by atoms with Crippen molar-refractivity contribution in [2.24, 2.45) is 4.99 Å². The lowest BCUT2D eigenvalue weighted by Gasteiger charge is -2.21. The van der Waals surface area contributed by atoms with Crippen molar-refractivity contribution in [2.75, 3.05) is 18.1 Å². The maximum Gasteiger partial charge on any atom is 0.271 e. The van der Waals surface area contributed by atoms with Crippen LogP contribution in [-0.4, -0.2) is 45.8 Å². The molecule has 2 aliphatic rings. The van der Waals surface area contributed by atoms with Gasteiger partial charge in [-0.15, -0.1) is 12.4 Å². The molecule has 1 aliphatic carbocycles. The number of halogens is 2. The summed E-state index contributed by atoms with van der Waals surface area (Å²) in [5.41, 5.74) is -0.428. The molecular formula is C19H26ClFN4O3S. The van der Waals surface area contributed by atoms with Gasteiger partial charge in [-0.25, -0.2) is 4.39 Å². The second-order valence-electron chi connectivity index (χ2n) is 7.31. The van der Waals surface area contributed by atoms with E-state index in [9.17, 15) is 19.3 Å². The fourth-order valence-electron chi connectivity index (χ4n) is 3.55. The third-order valence-electron chi connectivity index (χ3n) is 5.23. The lowest BCUT2D eigenvalue weighted by Crippen LogP contribution is -2.34. The second-order valence-corrected chi connectivity index (χ2v) is 8.29. The standard InChI is InChI=1S/C19H25FN4O3S.ClH/c1-23-15(12-28-19(23)21-13-6-4-2-3-5-7-13)11-18(25)22-17-10-14(24(26)27)8-9-16(17)20;/h8-10,13,15H,2-7,11-12H2,1H3,(H,22,25);1H. The number of nitrogens with one attached hydrogen (secondary N) is 1. The van der Waals surface area contributed by atoms with Crippen molar-refractivity contribution in [1.29, 1.82) is 0 Å². The molecule has 1 heterocycles. The summed E-state index contributed by atoms with van der Waals surface area (Å²) >= 11 is 1.65. The highest BCUT2D eigenvalue weighted by molar-refractivity contribution is 8.14. The zero-order chi connectivity index (χ0) is 20.1. The number of hydrogen-bond acceptors (Lipinski definition) is 5. The Kier molecular flexibility index (Phi) is 8.70. The summed E-state index contributed by atoms with van der Waals surface area (Å²) in [7, 11) is 1.93. The van der Waals surface area contributed by atoms with Crippen LogP contribution in [0.25, 0.3) is 0 Å². The van der Waals surface area contributed by atoms with E-state index in [1.165, 1.54) is 25.7 Å². The van der Waals surface area contributed by atoms with Crippen molar-refractivity contribution in [3.63, 3.8) is 0 Å². The van der Waals surface area contributed by atoms with E-state index in [4.69, 9.17) is 4.99 Å². The van der Waals surface area contributed by atoms with Crippen molar-refractivity contribution >= 4 is 46.6 Å². The lowest BCUT2D eigenvalue weighted by molar-refractivity contribution is -0.384. The fourth-order valence-corrected chi connectivity index (χ4v) is 4.80. The maximum absolute atomic E-state index is 13.9. The first kappa shape index (κ1) is 23.4. The number of amides is 1. The summed E-state index contributed by atoms with van der Waals surface area (Å²) in [6, 6.07) is 3.43. The number of nitro benzene ring substituents is 1. The largest absolute Gasteiger partial charge is 0.350 e. The minimum Gasteiger partial charge on any atom is -0.350 e. The summed E-state index contributed by atoms with van der Waals surface area (Å²) < 4.78 is 13.9. The molecule has 0 bridgehead atoms. The number of carbonyl (C=O) groups excluding carboxylic acids is 1. The van der Waals surface area contributed by atoms with Crippen LogP contribution in [0.5, 0.6) is 0 Å². The first-order chi connectivity index (χ1) is 13.4. The van der Waals surface area contributed by atoms with Crippen LogP contribution in [0, 0.1) is 15.9 Å². The van der Waals surface area contributed by atoms with Gasteiger partial charge in [-0.05, 0) is 18.9 Å². The summed E-state index contributed by atoms with van der Waals surface area (Å²) in [5.74, 6) is -0.316. The van der Waals surface area contributed by atoms with Crippen LogP contribution in [0.1, 0.15) is 44.9 Å². The Hall–Kier alpha value is -1.87. The van der Waals surface area contributed by atoms with E-state index in [2.05, 4.69) is 5.32 Å². The number of nitrogens with zero attached hydrogens (tertiary/aromatic N) is 3. The SMILES string of the molecule is CN1C(=NC2CCCCCC2)SCC1CC(=O)Nc1cc([N+](=O)[O-])ccc1F.Cl. The second kappa shape index (κ2) is 10.8. The lowest BCUT2D eigenvalue weighted by atomic mass is 10.1. The molecule has 1 unspecified atom stereocenters. The molecule has 2 fully saturated rings. The molecule has 0 spiro atoms. The van der Waals surface area contributed by atoms with Crippen molar-refractivity contribution in [2.45, 2.75) is 57.0 Å². The Morgan fingerprint density at radius 1 is 1.34 bits per heavy atom. The van der Waals surface area contributed by atoms with Crippen LogP contribution in [0.4, 0.5) is 15.8 Å². The van der Waals surface area contributed by atoms with Gasteiger partial charge >= 0.3 is 0 Å². The molecule has 1 aromatic carbocycles. The normalized spacial score (nSPS) is 21.5. The summed E-state index contributed by atoms with van der Waals surface area (Å²) in [6.07, 6.45) is 7.41. The molecule has 0 aromatic heterocycles. The first-order valence-corrected chi connectivity index (χ1v) is 10.6. The molecule has 1 N–H and O–H groups in total. The van der Waals surface area contributed by atoms with Crippen molar-refractivity contribution in [3.8, 4) is 0 Å². The molecular weight excluding hydrogens is 419 g/mol. The third-order valence-corrected chi connectivity index (χ3v) is 6.43. The van der Waals surface area contributed by atoms with E-state index < -0.39 is 10.7 Å². The van der Waals surface area contributed by atoms with E-state index in [0.717, 1.165) is 42.0 Å². The first-order valence-electron chi connectivity index (χ1n) is 9.61. The number of non-ortho nitro benzene ring substituents is 1. The summed E-state index contributed by atoms with van der Waals surface area (Å²) in [4.78, 5) is 29.5. The van der Waals surface area contributed by atoms with Gasteiger partial charge in [0.2, 0.25) is 5.91 Å². The van der Waals surface area contributed by atoms with Crippen LogP contribution in [-0.2, 0) is 4.79 Å². The highest BCUT2D eigenvalue weighted by atomic mass is 35.5. The van der Waals surface area contributed by atoms with Crippen LogP contribution in [0.2, 0.25) is 0 Å². The number of anilines is 1. The van der Waals surface area contributed by atoms with Gasteiger partial charge in [0, 0.05) is 37.4 Å². The van der Waals surface area contributed by atoms with Gasteiger partial charge < -0.3 is 10.2 Å².